The number of nitrogens with one attached hydrogen (secondary N) is 1. The second-order valence-electron chi connectivity index (χ2n) is 7.06. The van der Waals surface area contributed by atoms with Crippen LogP contribution in [0.4, 0.5) is 4.79 Å². The summed E-state index contributed by atoms with van der Waals surface area (Å²) in [5.41, 5.74) is 0.547. The second-order valence-corrected chi connectivity index (χ2v) is 7.95. The van der Waals surface area contributed by atoms with E-state index in [4.69, 9.17) is 5.11 Å². The van der Waals surface area contributed by atoms with Crippen molar-refractivity contribution in [2.24, 2.45) is 0 Å². The van der Waals surface area contributed by atoms with Gasteiger partial charge in [-0.25, -0.2) is 9.78 Å². The topological polar surface area (TPSA) is 103 Å². The van der Waals surface area contributed by atoms with Gasteiger partial charge in [-0.3, -0.25) is 9.59 Å². The number of thiazole rings is 1. The summed E-state index contributed by atoms with van der Waals surface area (Å²) in [4.78, 5) is 43.3. The lowest BCUT2D eigenvalue weighted by molar-refractivity contribution is -0.136. The molecular formula is C18H26N4O4S. The average molecular weight is 394 g/mol. The first-order valence-electron chi connectivity index (χ1n) is 9.54. The normalized spacial score (nSPS) is 18.4. The first-order valence-corrected chi connectivity index (χ1v) is 10.4. The van der Waals surface area contributed by atoms with Gasteiger partial charge in [0, 0.05) is 44.0 Å². The van der Waals surface area contributed by atoms with Crippen LogP contribution in [-0.2, 0) is 4.79 Å². The van der Waals surface area contributed by atoms with E-state index >= 15 is 0 Å². The van der Waals surface area contributed by atoms with Crippen molar-refractivity contribution in [3.8, 4) is 0 Å². The number of carboxylic acid groups (broad SMARTS) is 1. The van der Waals surface area contributed by atoms with Gasteiger partial charge in [0.15, 0.2) is 0 Å². The summed E-state index contributed by atoms with van der Waals surface area (Å²) in [5.74, 6) is -0.624. The van der Waals surface area contributed by atoms with Crippen LogP contribution in [0.2, 0.25) is 0 Å². The van der Waals surface area contributed by atoms with Crippen LogP contribution >= 0.6 is 11.3 Å². The van der Waals surface area contributed by atoms with Crippen molar-refractivity contribution in [3.63, 3.8) is 0 Å². The minimum atomic E-state index is -0.923. The van der Waals surface area contributed by atoms with Crippen LogP contribution < -0.4 is 5.32 Å². The molecule has 0 saturated carbocycles. The molecule has 2 fully saturated rings. The third kappa shape index (κ3) is 5.18. The first-order chi connectivity index (χ1) is 13.0. The fourth-order valence-electron chi connectivity index (χ4n) is 3.55. The number of aliphatic carboxylic acids is 1. The Morgan fingerprint density at radius 2 is 1.81 bits per heavy atom. The molecule has 3 amide bonds. The van der Waals surface area contributed by atoms with Crippen molar-refractivity contribution in [3.05, 3.63) is 16.1 Å². The smallest absolute Gasteiger partial charge is 0.317 e. The van der Waals surface area contributed by atoms with Crippen LogP contribution in [0.1, 0.15) is 59.9 Å². The Morgan fingerprint density at radius 3 is 2.48 bits per heavy atom. The summed E-state index contributed by atoms with van der Waals surface area (Å²) in [6.45, 7) is 3.00. The van der Waals surface area contributed by atoms with Gasteiger partial charge < -0.3 is 20.2 Å². The van der Waals surface area contributed by atoms with Crippen molar-refractivity contribution in [2.75, 3.05) is 32.7 Å². The molecule has 0 spiro atoms. The van der Waals surface area contributed by atoms with Gasteiger partial charge in [-0.15, -0.1) is 11.3 Å². The molecule has 2 N–H and O–H groups in total. The predicted molar refractivity (Wildman–Crippen MR) is 101 cm³/mol. The number of hydrogen-bond donors (Lipinski definition) is 2. The highest BCUT2D eigenvalue weighted by molar-refractivity contribution is 7.09. The van der Waals surface area contributed by atoms with Gasteiger partial charge in [0.2, 0.25) is 0 Å². The van der Waals surface area contributed by atoms with Crippen molar-refractivity contribution in [2.45, 2.75) is 44.4 Å². The lowest BCUT2D eigenvalue weighted by Crippen LogP contribution is -2.44. The Labute approximate surface area is 162 Å². The number of nitrogens with zero attached hydrogens (tertiary/aromatic N) is 3. The summed E-state index contributed by atoms with van der Waals surface area (Å²) < 4.78 is 0. The minimum absolute atomic E-state index is 0.0347. The molecular weight excluding hydrogens is 368 g/mol. The third-order valence-corrected chi connectivity index (χ3v) is 6.14. The zero-order chi connectivity index (χ0) is 19.2. The van der Waals surface area contributed by atoms with E-state index in [1.165, 1.54) is 17.8 Å². The molecule has 27 heavy (non-hydrogen) atoms. The van der Waals surface area contributed by atoms with E-state index in [9.17, 15) is 14.4 Å². The minimum Gasteiger partial charge on any atom is -0.481 e. The number of aromatic nitrogens is 1. The molecule has 2 aliphatic rings. The fourth-order valence-corrected chi connectivity index (χ4v) is 4.52. The first kappa shape index (κ1) is 19.6. The summed E-state index contributed by atoms with van der Waals surface area (Å²) in [6.07, 6.45) is 4.85. The number of amides is 3. The molecule has 1 aromatic rings. The Hall–Kier alpha value is -2.16. The van der Waals surface area contributed by atoms with Crippen LogP contribution in [0, 0.1) is 0 Å². The SMILES string of the molecule is O=C(O)CCNC(=O)N1CCC(c2nc(C(=O)N3CCCCC3)cs2)CC1. The van der Waals surface area contributed by atoms with Crippen LogP contribution in [0.5, 0.6) is 0 Å². The third-order valence-electron chi connectivity index (χ3n) is 5.13. The van der Waals surface area contributed by atoms with Gasteiger partial charge in [0.05, 0.1) is 11.4 Å². The Balaban J connectivity index is 1.48. The van der Waals surface area contributed by atoms with Crippen LogP contribution in [-0.4, -0.2) is 70.5 Å². The van der Waals surface area contributed by atoms with E-state index in [2.05, 4.69) is 10.3 Å². The lowest BCUT2D eigenvalue weighted by atomic mass is 9.98. The Bertz CT molecular complexity index is 679. The number of urea groups is 1. The molecule has 2 saturated heterocycles. The molecule has 0 unspecified atom stereocenters. The number of piperidine rings is 2. The number of carbonyl (C=O) groups excluding carboxylic acids is 2. The number of carbonyl (C=O) groups is 3. The zero-order valence-corrected chi connectivity index (χ0v) is 16.2. The largest absolute Gasteiger partial charge is 0.481 e. The Morgan fingerprint density at radius 1 is 1.11 bits per heavy atom. The van der Waals surface area contributed by atoms with Crippen LogP contribution in [0.3, 0.4) is 0 Å². The van der Waals surface area contributed by atoms with Gasteiger partial charge in [-0.2, -0.15) is 0 Å². The number of hydrogen-bond acceptors (Lipinski definition) is 5. The van der Waals surface area contributed by atoms with Crippen LogP contribution in [0.15, 0.2) is 5.38 Å². The van der Waals surface area contributed by atoms with Gasteiger partial charge in [-0.1, -0.05) is 0 Å². The van der Waals surface area contributed by atoms with Crippen molar-refractivity contribution < 1.29 is 19.5 Å². The highest BCUT2D eigenvalue weighted by Gasteiger charge is 2.27. The number of rotatable bonds is 5. The molecule has 1 aromatic heterocycles. The van der Waals surface area contributed by atoms with E-state index < -0.39 is 5.97 Å². The Kier molecular flexibility index (Phi) is 6.65. The number of carboxylic acids is 1. The monoisotopic (exact) mass is 394 g/mol. The highest BCUT2D eigenvalue weighted by atomic mass is 32.1. The molecule has 148 valence electrons. The summed E-state index contributed by atoms with van der Waals surface area (Å²) in [5, 5.41) is 14.1. The number of likely N-dealkylation sites (tertiary alicyclic amines) is 2. The van der Waals surface area contributed by atoms with E-state index in [-0.39, 0.29) is 30.8 Å². The summed E-state index contributed by atoms with van der Waals surface area (Å²) in [6, 6.07) is -0.213. The maximum Gasteiger partial charge on any atom is 0.317 e. The molecule has 8 nitrogen and oxygen atoms in total. The molecule has 0 aliphatic carbocycles. The van der Waals surface area contributed by atoms with Gasteiger partial charge in [0.1, 0.15) is 5.69 Å². The summed E-state index contributed by atoms with van der Waals surface area (Å²) >= 11 is 1.53. The second kappa shape index (κ2) is 9.16. The van der Waals surface area contributed by atoms with E-state index in [0.717, 1.165) is 43.8 Å². The van der Waals surface area contributed by atoms with E-state index in [1.54, 1.807) is 4.90 Å². The maximum atomic E-state index is 12.6. The highest BCUT2D eigenvalue weighted by Crippen LogP contribution is 2.30. The van der Waals surface area contributed by atoms with Gasteiger partial charge >= 0.3 is 12.0 Å². The van der Waals surface area contributed by atoms with Crippen molar-refractivity contribution >= 4 is 29.2 Å². The molecule has 0 bridgehead atoms. The molecule has 3 rings (SSSR count). The van der Waals surface area contributed by atoms with Gasteiger partial charge in [0.25, 0.3) is 5.91 Å². The van der Waals surface area contributed by atoms with E-state index in [0.29, 0.717) is 18.8 Å². The van der Waals surface area contributed by atoms with Crippen molar-refractivity contribution in [1.29, 1.82) is 0 Å². The van der Waals surface area contributed by atoms with E-state index in [1.807, 2.05) is 10.3 Å². The summed E-state index contributed by atoms with van der Waals surface area (Å²) in [7, 11) is 0. The molecule has 3 heterocycles. The molecule has 0 radical (unpaired) electrons. The molecule has 2 aliphatic heterocycles. The maximum absolute atomic E-state index is 12.6. The molecule has 9 heteroatoms. The predicted octanol–water partition coefficient (Wildman–Crippen LogP) is 2.13. The lowest BCUT2D eigenvalue weighted by Gasteiger charge is -2.31. The molecule has 0 atom stereocenters. The van der Waals surface area contributed by atoms with Gasteiger partial charge in [-0.05, 0) is 32.1 Å². The fraction of sp³-hybridized carbons (Fsp3) is 0.667. The molecule has 0 aromatic carbocycles. The van der Waals surface area contributed by atoms with Crippen LogP contribution in [0.25, 0.3) is 0 Å². The standard InChI is InChI=1S/C18H26N4O4S/c23-15(24)4-7-19-18(26)22-10-5-13(6-11-22)16-20-14(12-27-16)17(25)21-8-2-1-3-9-21/h12-13H,1-11H2,(H,19,26)(H,23,24). The van der Waals surface area contributed by atoms with Crippen molar-refractivity contribution in [1.82, 2.24) is 20.1 Å². The average Bonchev–Trinajstić information content (AvgIpc) is 3.18. The zero-order valence-electron chi connectivity index (χ0n) is 15.4. The quantitative estimate of drug-likeness (QED) is 0.796.